The van der Waals surface area contributed by atoms with Crippen LogP contribution >= 0.6 is 0 Å². The highest BCUT2D eigenvalue weighted by atomic mass is 19.1. The van der Waals surface area contributed by atoms with Crippen molar-refractivity contribution in [3.63, 3.8) is 0 Å². The molecule has 1 spiro atoms. The maximum absolute atomic E-state index is 16.7. The highest BCUT2D eigenvalue weighted by Gasteiger charge is 2.70. The van der Waals surface area contributed by atoms with Gasteiger partial charge in [-0.1, -0.05) is 18.2 Å². The second kappa shape index (κ2) is 6.90. The van der Waals surface area contributed by atoms with Crippen molar-refractivity contribution in [1.29, 1.82) is 0 Å². The Morgan fingerprint density at radius 1 is 1.08 bits per heavy atom. The molecule has 2 fully saturated rings. The Hall–Kier alpha value is -3.35. The van der Waals surface area contributed by atoms with Gasteiger partial charge in [-0.3, -0.25) is 14.5 Å². The molecular weight excluding hydrogens is 459 g/mol. The minimum absolute atomic E-state index is 0.0890. The molecule has 0 aromatic heterocycles. The number of methoxy groups -OCH3 is 1. The van der Waals surface area contributed by atoms with E-state index in [1.807, 2.05) is 12.1 Å². The van der Waals surface area contributed by atoms with Crippen LogP contribution in [0.2, 0.25) is 0 Å². The molecule has 6 nitrogen and oxygen atoms in total. The number of carbonyl (C=O) groups excluding carboxylic acids is 2. The molecule has 0 unspecified atom stereocenters. The minimum atomic E-state index is -1.10. The van der Waals surface area contributed by atoms with E-state index in [4.69, 9.17) is 9.47 Å². The van der Waals surface area contributed by atoms with Crippen LogP contribution < -0.4 is 9.47 Å². The largest absolute Gasteiger partial charge is 0.493 e. The summed E-state index contributed by atoms with van der Waals surface area (Å²) in [5.74, 6) is 1.98. The first-order valence-electron chi connectivity index (χ1n) is 12.9. The number of hydrogen-bond acceptors (Lipinski definition) is 5. The number of carbonyl (C=O) groups is 2. The van der Waals surface area contributed by atoms with Gasteiger partial charge in [0.05, 0.1) is 29.7 Å². The van der Waals surface area contributed by atoms with E-state index in [9.17, 15) is 9.59 Å². The quantitative estimate of drug-likeness (QED) is 0.608. The Labute approximate surface area is 208 Å². The summed E-state index contributed by atoms with van der Waals surface area (Å²) >= 11 is 0. The third kappa shape index (κ3) is 2.37. The molecule has 3 aliphatic carbocycles. The monoisotopic (exact) mass is 485 g/mol. The van der Waals surface area contributed by atoms with Crippen LogP contribution in [0.5, 0.6) is 11.5 Å². The Balaban J connectivity index is 1.31. The van der Waals surface area contributed by atoms with Gasteiger partial charge < -0.3 is 14.4 Å². The number of imide groups is 1. The van der Waals surface area contributed by atoms with Crippen LogP contribution in [0.1, 0.15) is 57.5 Å². The predicted octanol–water partition coefficient (Wildman–Crippen LogP) is 4.19. The number of halogens is 1. The van der Waals surface area contributed by atoms with Crippen molar-refractivity contribution in [2.24, 2.45) is 5.92 Å². The fraction of sp³-hybridized carbons (Fsp3) is 0.414. The molecular formula is C29H26FN2O4. The van der Waals surface area contributed by atoms with Gasteiger partial charge in [0.25, 0.3) is 11.8 Å². The van der Waals surface area contributed by atoms with E-state index in [1.165, 1.54) is 17.7 Å². The zero-order valence-corrected chi connectivity index (χ0v) is 20.0. The van der Waals surface area contributed by atoms with E-state index >= 15 is 4.39 Å². The number of fused-ring (bicyclic) bond motifs is 1. The molecule has 2 bridgehead atoms. The Morgan fingerprint density at radius 3 is 2.53 bits per heavy atom. The first kappa shape index (κ1) is 20.8. The molecule has 36 heavy (non-hydrogen) atoms. The van der Waals surface area contributed by atoms with Crippen molar-refractivity contribution in [3.8, 4) is 11.5 Å². The second-order valence-corrected chi connectivity index (χ2v) is 11.0. The van der Waals surface area contributed by atoms with Gasteiger partial charge in [0.1, 0.15) is 11.9 Å². The standard InChI is InChI=1S/C29H26FN2O4/c1-35-22-11-8-16-12-21-19-9-10-20(32-27(33)17-4-2-3-5-18(17)28(32)34)26-29(19,24(16)25(22)36-26)23(30)14-31(21)13-15-6-7-15/h2-5,8,11,14-15,20-21,26H,6-7,9-10,12-13H2,1H3/t20-,21-,26+,29+/m1/s1. The molecule has 7 heteroatoms. The van der Waals surface area contributed by atoms with E-state index < -0.39 is 17.6 Å². The summed E-state index contributed by atoms with van der Waals surface area (Å²) in [6.45, 7) is 0.864. The lowest BCUT2D eigenvalue weighted by atomic mass is 9.52. The molecule has 4 atom stereocenters. The molecule has 183 valence electrons. The number of hydrogen-bond donors (Lipinski definition) is 0. The van der Waals surface area contributed by atoms with Gasteiger partial charge in [0.2, 0.25) is 0 Å². The van der Waals surface area contributed by atoms with Gasteiger partial charge in [0.15, 0.2) is 11.5 Å². The zero-order valence-electron chi connectivity index (χ0n) is 20.0. The Bertz CT molecular complexity index is 1350. The third-order valence-electron chi connectivity index (χ3n) is 9.25. The fourth-order valence-electron chi connectivity index (χ4n) is 7.58. The third-order valence-corrected chi connectivity index (χ3v) is 9.25. The van der Waals surface area contributed by atoms with Crippen molar-refractivity contribution >= 4 is 11.8 Å². The summed E-state index contributed by atoms with van der Waals surface area (Å²) in [6.07, 6.45) is 5.37. The number of ether oxygens (including phenoxy) is 2. The second-order valence-electron chi connectivity index (χ2n) is 11.0. The van der Waals surface area contributed by atoms with E-state index in [-0.39, 0.29) is 23.7 Å². The van der Waals surface area contributed by atoms with Crippen molar-refractivity contribution in [2.45, 2.75) is 55.7 Å². The van der Waals surface area contributed by atoms with Crippen LogP contribution in [0.25, 0.3) is 0 Å². The van der Waals surface area contributed by atoms with Gasteiger partial charge in [-0.15, -0.1) is 0 Å². The maximum Gasteiger partial charge on any atom is 0.261 e. The average molecular weight is 486 g/mol. The number of nitrogens with zero attached hydrogens (tertiary/aromatic N) is 2. The van der Waals surface area contributed by atoms with E-state index in [2.05, 4.69) is 4.90 Å². The summed E-state index contributed by atoms with van der Waals surface area (Å²) in [5.41, 5.74) is 1.61. The lowest BCUT2D eigenvalue weighted by molar-refractivity contribution is 0.00441. The molecule has 6 aliphatic rings. The summed E-state index contributed by atoms with van der Waals surface area (Å²) in [5, 5.41) is 0. The first-order chi connectivity index (χ1) is 17.5. The molecule has 1 radical (unpaired) electrons. The van der Waals surface area contributed by atoms with Crippen molar-refractivity contribution < 1.29 is 23.5 Å². The molecule has 2 aromatic carbocycles. The van der Waals surface area contributed by atoms with Crippen LogP contribution in [0.15, 0.2) is 48.4 Å². The Morgan fingerprint density at radius 2 is 1.83 bits per heavy atom. The average Bonchev–Trinajstić information content (AvgIpc) is 3.58. The van der Waals surface area contributed by atoms with Crippen LogP contribution in [0, 0.1) is 11.8 Å². The molecule has 8 rings (SSSR count). The van der Waals surface area contributed by atoms with E-state index in [0.717, 1.165) is 30.0 Å². The lowest BCUT2D eigenvalue weighted by Crippen LogP contribution is -2.67. The molecule has 0 saturated heterocycles. The van der Waals surface area contributed by atoms with Crippen molar-refractivity contribution in [1.82, 2.24) is 9.80 Å². The van der Waals surface area contributed by atoms with Crippen LogP contribution in [-0.4, -0.2) is 53.5 Å². The number of rotatable bonds is 4. The molecule has 2 aromatic rings. The van der Waals surface area contributed by atoms with Crippen LogP contribution in [0.4, 0.5) is 4.39 Å². The maximum atomic E-state index is 16.7. The van der Waals surface area contributed by atoms with Gasteiger partial charge in [-0.2, -0.15) is 0 Å². The molecule has 3 heterocycles. The summed E-state index contributed by atoms with van der Waals surface area (Å²) in [7, 11) is 1.59. The fourth-order valence-corrected chi connectivity index (χ4v) is 7.58. The van der Waals surface area contributed by atoms with Gasteiger partial charge >= 0.3 is 0 Å². The molecule has 3 aliphatic heterocycles. The number of amides is 2. The summed E-state index contributed by atoms with van der Waals surface area (Å²) < 4.78 is 29.0. The highest BCUT2D eigenvalue weighted by Crippen LogP contribution is 2.67. The Kier molecular flexibility index (Phi) is 3.99. The topological polar surface area (TPSA) is 59.1 Å². The molecule has 2 amide bonds. The van der Waals surface area contributed by atoms with E-state index in [0.29, 0.717) is 41.4 Å². The van der Waals surface area contributed by atoms with Gasteiger partial charge in [-0.05, 0) is 61.8 Å². The van der Waals surface area contributed by atoms with Gasteiger partial charge in [0, 0.05) is 30.3 Å². The smallest absolute Gasteiger partial charge is 0.261 e. The lowest BCUT2D eigenvalue weighted by Gasteiger charge is -2.57. The van der Waals surface area contributed by atoms with Crippen LogP contribution in [-0.2, 0) is 11.8 Å². The zero-order chi connectivity index (χ0) is 24.3. The summed E-state index contributed by atoms with van der Waals surface area (Å²) in [4.78, 5) is 30.5. The normalized spacial score (nSPS) is 31.7. The number of benzene rings is 2. The van der Waals surface area contributed by atoms with E-state index in [1.54, 1.807) is 37.6 Å². The molecule has 2 saturated carbocycles. The highest BCUT2D eigenvalue weighted by molar-refractivity contribution is 6.21. The predicted molar refractivity (Wildman–Crippen MR) is 128 cm³/mol. The van der Waals surface area contributed by atoms with Gasteiger partial charge in [-0.25, -0.2) is 4.39 Å². The SMILES string of the molecule is COc1ccc2c3c1O[C@H]1[C@H](N4C(=O)c5ccccc5C4=O)CC[C]4[C@@H](C2)N(CC2CC2)C=C(F)[C@@]431. The van der Waals surface area contributed by atoms with Crippen LogP contribution in [0.3, 0.4) is 0 Å². The van der Waals surface area contributed by atoms with Crippen molar-refractivity contribution in [3.05, 3.63) is 76.6 Å². The molecule has 0 N–H and O–H groups in total. The summed E-state index contributed by atoms with van der Waals surface area (Å²) in [6, 6.07) is 10.3. The minimum Gasteiger partial charge on any atom is -0.493 e. The first-order valence-corrected chi connectivity index (χ1v) is 12.9. The van der Waals surface area contributed by atoms with Crippen molar-refractivity contribution in [2.75, 3.05) is 13.7 Å².